The predicted molar refractivity (Wildman–Crippen MR) is 56.8 cm³/mol. The summed E-state index contributed by atoms with van der Waals surface area (Å²) in [7, 11) is 0. The number of carbonyl (C=O) groups excluding carboxylic acids is 1. The predicted octanol–water partition coefficient (Wildman–Crippen LogP) is 4.16. The standard InChI is InChI=1S/C10H6ClF6NO2/c1-5(19)18(20-10(15,16)17)8-4-6(9(12,13)14)2-3-7(8)11/h2-4H,1H3. The lowest BCUT2D eigenvalue weighted by Gasteiger charge is -2.23. The average molecular weight is 322 g/mol. The molecule has 0 unspecified atom stereocenters. The van der Waals surface area contributed by atoms with Gasteiger partial charge in [0.1, 0.15) is 0 Å². The molecule has 0 aromatic heterocycles. The van der Waals surface area contributed by atoms with Crippen LogP contribution < -0.4 is 5.06 Å². The van der Waals surface area contributed by atoms with Crippen LogP contribution in [0.4, 0.5) is 32.0 Å². The van der Waals surface area contributed by atoms with Crippen LogP contribution in [-0.2, 0) is 15.8 Å². The van der Waals surface area contributed by atoms with E-state index in [0.29, 0.717) is 13.0 Å². The van der Waals surface area contributed by atoms with E-state index >= 15 is 0 Å². The van der Waals surface area contributed by atoms with Crippen LogP contribution in [0.5, 0.6) is 0 Å². The van der Waals surface area contributed by atoms with Crippen molar-refractivity contribution in [3.05, 3.63) is 28.8 Å². The number of amides is 1. The smallest absolute Gasteiger partial charge is 0.273 e. The highest BCUT2D eigenvalue weighted by Crippen LogP contribution is 2.36. The zero-order valence-corrected chi connectivity index (χ0v) is 10.4. The molecule has 0 radical (unpaired) electrons. The molecule has 0 spiro atoms. The van der Waals surface area contributed by atoms with Crippen molar-refractivity contribution in [1.82, 2.24) is 0 Å². The summed E-state index contributed by atoms with van der Waals surface area (Å²) in [4.78, 5) is 14.5. The number of hydrogen-bond acceptors (Lipinski definition) is 2. The normalized spacial score (nSPS) is 12.4. The number of halogens is 7. The molecule has 0 atom stereocenters. The molecule has 112 valence electrons. The Morgan fingerprint density at radius 1 is 1.20 bits per heavy atom. The molecule has 1 amide bonds. The molecule has 0 saturated carbocycles. The van der Waals surface area contributed by atoms with Crippen LogP contribution in [0.3, 0.4) is 0 Å². The van der Waals surface area contributed by atoms with Crippen molar-refractivity contribution in [1.29, 1.82) is 0 Å². The fraction of sp³-hybridized carbons (Fsp3) is 0.300. The first-order valence-corrected chi connectivity index (χ1v) is 5.23. The van der Waals surface area contributed by atoms with E-state index in [4.69, 9.17) is 11.6 Å². The number of rotatable bonds is 2. The molecule has 0 fully saturated rings. The van der Waals surface area contributed by atoms with E-state index in [1.54, 1.807) is 0 Å². The number of carbonyl (C=O) groups is 1. The van der Waals surface area contributed by atoms with Crippen LogP contribution in [0.25, 0.3) is 0 Å². The molecular weight excluding hydrogens is 316 g/mol. The molecule has 0 aliphatic rings. The summed E-state index contributed by atoms with van der Waals surface area (Å²) in [6, 6.07) is 1.57. The van der Waals surface area contributed by atoms with E-state index in [9.17, 15) is 31.1 Å². The second-order valence-electron chi connectivity index (χ2n) is 3.51. The van der Waals surface area contributed by atoms with Gasteiger partial charge in [-0.1, -0.05) is 11.6 Å². The van der Waals surface area contributed by atoms with E-state index in [1.165, 1.54) is 0 Å². The van der Waals surface area contributed by atoms with E-state index < -0.39 is 34.7 Å². The van der Waals surface area contributed by atoms with Crippen LogP contribution >= 0.6 is 11.6 Å². The Bertz CT molecular complexity index is 513. The molecule has 1 aromatic carbocycles. The molecule has 3 nitrogen and oxygen atoms in total. The molecule has 20 heavy (non-hydrogen) atoms. The van der Waals surface area contributed by atoms with Gasteiger partial charge in [0.05, 0.1) is 16.3 Å². The molecule has 0 aliphatic carbocycles. The number of benzene rings is 1. The third kappa shape index (κ3) is 4.27. The second kappa shape index (κ2) is 5.49. The van der Waals surface area contributed by atoms with Crippen molar-refractivity contribution in [3.8, 4) is 0 Å². The topological polar surface area (TPSA) is 29.5 Å². The van der Waals surface area contributed by atoms with Crippen molar-refractivity contribution in [2.75, 3.05) is 5.06 Å². The summed E-state index contributed by atoms with van der Waals surface area (Å²) >= 11 is 5.51. The minimum Gasteiger partial charge on any atom is -0.273 e. The summed E-state index contributed by atoms with van der Waals surface area (Å²) in [5.41, 5.74) is -2.12. The van der Waals surface area contributed by atoms with Gasteiger partial charge in [0, 0.05) is 6.92 Å². The first-order valence-electron chi connectivity index (χ1n) is 4.85. The Kier molecular flexibility index (Phi) is 4.55. The van der Waals surface area contributed by atoms with Crippen molar-refractivity contribution in [3.63, 3.8) is 0 Å². The monoisotopic (exact) mass is 321 g/mol. The van der Waals surface area contributed by atoms with Crippen molar-refractivity contribution in [2.24, 2.45) is 0 Å². The summed E-state index contributed by atoms with van der Waals surface area (Å²) < 4.78 is 73.9. The molecule has 0 bridgehead atoms. The third-order valence-corrected chi connectivity index (χ3v) is 2.29. The van der Waals surface area contributed by atoms with Gasteiger partial charge in [-0.25, -0.2) is 0 Å². The lowest BCUT2D eigenvalue weighted by atomic mass is 10.2. The Morgan fingerprint density at radius 2 is 1.75 bits per heavy atom. The van der Waals surface area contributed by atoms with Gasteiger partial charge in [0.2, 0.25) is 5.91 Å². The first-order chi connectivity index (χ1) is 8.92. The van der Waals surface area contributed by atoms with E-state index in [1.807, 2.05) is 0 Å². The van der Waals surface area contributed by atoms with Crippen LogP contribution in [0.15, 0.2) is 18.2 Å². The van der Waals surface area contributed by atoms with Crippen LogP contribution in [0, 0.1) is 0 Å². The third-order valence-electron chi connectivity index (χ3n) is 1.97. The molecule has 0 saturated heterocycles. The highest BCUT2D eigenvalue weighted by Gasteiger charge is 2.37. The summed E-state index contributed by atoms with van der Waals surface area (Å²) in [6.07, 6.45) is -10.1. The van der Waals surface area contributed by atoms with Crippen LogP contribution in [0.1, 0.15) is 12.5 Å². The van der Waals surface area contributed by atoms with Crippen LogP contribution in [-0.4, -0.2) is 12.3 Å². The van der Waals surface area contributed by atoms with Crippen molar-refractivity contribution in [2.45, 2.75) is 19.5 Å². The average Bonchev–Trinajstić information content (AvgIpc) is 2.23. The van der Waals surface area contributed by atoms with E-state index in [2.05, 4.69) is 4.84 Å². The fourth-order valence-corrected chi connectivity index (χ4v) is 1.43. The molecule has 0 aliphatic heterocycles. The van der Waals surface area contributed by atoms with Gasteiger partial charge < -0.3 is 0 Å². The van der Waals surface area contributed by atoms with Gasteiger partial charge in [-0.05, 0) is 18.2 Å². The number of anilines is 1. The van der Waals surface area contributed by atoms with Crippen molar-refractivity contribution < 1.29 is 36.0 Å². The molecule has 0 N–H and O–H groups in total. The first kappa shape index (κ1) is 16.6. The Morgan fingerprint density at radius 3 is 2.15 bits per heavy atom. The highest BCUT2D eigenvalue weighted by molar-refractivity contribution is 6.33. The van der Waals surface area contributed by atoms with Crippen LogP contribution in [0.2, 0.25) is 5.02 Å². The lowest BCUT2D eigenvalue weighted by molar-refractivity contribution is -0.327. The number of alkyl halides is 6. The molecular formula is C10H6ClF6NO2. The molecule has 10 heteroatoms. The highest BCUT2D eigenvalue weighted by atomic mass is 35.5. The number of hydroxylamine groups is 1. The second-order valence-corrected chi connectivity index (χ2v) is 3.92. The quantitative estimate of drug-likeness (QED) is 0.604. The zero-order chi connectivity index (χ0) is 15.7. The largest absolute Gasteiger partial charge is 0.544 e. The minimum absolute atomic E-state index is 0.287. The van der Waals surface area contributed by atoms with E-state index in [0.717, 1.165) is 6.07 Å². The molecule has 0 heterocycles. The maximum Gasteiger partial charge on any atom is 0.544 e. The van der Waals surface area contributed by atoms with Gasteiger partial charge >= 0.3 is 12.5 Å². The maximum absolute atomic E-state index is 12.5. The summed E-state index contributed by atoms with van der Waals surface area (Å²) in [5.74, 6) is -1.29. The van der Waals surface area contributed by atoms with Gasteiger partial charge in [-0.3, -0.25) is 4.79 Å². The van der Waals surface area contributed by atoms with Gasteiger partial charge in [-0.15, -0.1) is 13.2 Å². The number of nitrogens with zero attached hydrogens (tertiary/aromatic N) is 1. The lowest BCUT2D eigenvalue weighted by Crippen LogP contribution is -2.35. The van der Waals surface area contributed by atoms with Gasteiger partial charge in [0.15, 0.2) is 0 Å². The SMILES string of the molecule is CC(=O)N(OC(F)(F)F)c1cc(C(F)(F)F)ccc1Cl. The minimum atomic E-state index is -5.26. The Labute approximate surface area is 113 Å². The maximum atomic E-state index is 12.5. The summed E-state index contributed by atoms with van der Waals surface area (Å²) in [6.45, 7) is 0.683. The number of hydrogen-bond donors (Lipinski definition) is 0. The fourth-order valence-electron chi connectivity index (χ4n) is 1.23. The Balaban J connectivity index is 3.30. The van der Waals surface area contributed by atoms with Crippen molar-refractivity contribution >= 4 is 23.2 Å². The van der Waals surface area contributed by atoms with E-state index in [-0.39, 0.29) is 11.1 Å². The molecule has 1 rings (SSSR count). The Hall–Kier alpha value is -1.48. The summed E-state index contributed by atoms with van der Waals surface area (Å²) in [5, 5.41) is -0.852. The van der Waals surface area contributed by atoms with Gasteiger partial charge in [-0.2, -0.15) is 23.1 Å². The molecule has 1 aromatic rings. The zero-order valence-electron chi connectivity index (χ0n) is 9.64. The van der Waals surface area contributed by atoms with Gasteiger partial charge in [0.25, 0.3) is 0 Å².